The topological polar surface area (TPSA) is 93.8 Å². The first-order valence-electron chi connectivity index (χ1n) is 22.8. The summed E-state index contributed by atoms with van der Waals surface area (Å²) in [5, 5.41) is 4.19. The van der Waals surface area contributed by atoms with E-state index in [0.717, 1.165) is 93.9 Å². The Hall–Kier alpha value is -9.40. The predicted octanol–water partition coefficient (Wildman–Crippen LogP) is 14.6. The molecule has 0 aliphatic rings. The van der Waals surface area contributed by atoms with Gasteiger partial charge in [-0.3, -0.25) is 4.99 Å². The van der Waals surface area contributed by atoms with Crippen molar-refractivity contribution < 1.29 is 4.42 Å². The minimum absolute atomic E-state index is 0.441. The fourth-order valence-electron chi connectivity index (χ4n) is 9.15. The SMILES string of the molecule is C=NC(=NC(=NCc1ccccc1)c1cccc2oc3ccc(-c4ccc5c(c4)c4ccccc4n5-c4cccc(-c5nc(-c6ccccc6)nc(-c6ccccc6)n5)c4)cc3c12)c1ccccc1. The Morgan fingerprint density at radius 1 is 0.449 bits per heavy atom. The van der Waals surface area contributed by atoms with Crippen LogP contribution >= 0.6 is 0 Å². The van der Waals surface area contributed by atoms with Gasteiger partial charge in [0, 0.05) is 55.0 Å². The number of aromatic nitrogens is 4. The van der Waals surface area contributed by atoms with Gasteiger partial charge in [-0.25, -0.2) is 24.9 Å². The molecule has 12 aromatic rings. The van der Waals surface area contributed by atoms with Crippen LogP contribution in [0.4, 0.5) is 0 Å². The molecule has 0 N–H and O–H groups in total. The average molecular weight is 888 g/mol. The number of fused-ring (bicyclic) bond motifs is 6. The van der Waals surface area contributed by atoms with Crippen molar-refractivity contribution in [3.8, 4) is 51.0 Å². The number of amidine groups is 2. The molecule has 0 unspecified atom stereocenters. The fourth-order valence-corrected chi connectivity index (χ4v) is 9.15. The van der Waals surface area contributed by atoms with Crippen LogP contribution in [0, 0.1) is 0 Å². The van der Waals surface area contributed by atoms with E-state index in [0.29, 0.717) is 35.7 Å². The first kappa shape index (κ1) is 41.1. The van der Waals surface area contributed by atoms with E-state index in [-0.39, 0.29) is 0 Å². The molecule has 8 heteroatoms. The lowest BCUT2D eigenvalue weighted by atomic mass is 9.99. The Kier molecular flexibility index (Phi) is 10.6. The highest BCUT2D eigenvalue weighted by molar-refractivity contribution is 6.22. The number of furan rings is 1. The van der Waals surface area contributed by atoms with E-state index in [1.165, 1.54) is 0 Å². The van der Waals surface area contributed by atoms with E-state index >= 15 is 0 Å². The van der Waals surface area contributed by atoms with Crippen LogP contribution in [0.15, 0.2) is 244 Å². The Balaban J connectivity index is 0.968. The van der Waals surface area contributed by atoms with Gasteiger partial charge in [0.1, 0.15) is 11.2 Å². The van der Waals surface area contributed by atoms with E-state index in [1.54, 1.807) is 0 Å². The van der Waals surface area contributed by atoms with Crippen molar-refractivity contribution in [3.05, 3.63) is 241 Å². The molecule has 0 radical (unpaired) electrons. The van der Waals surface area contributed by atoms with Gasteiger partial charge in [-0.05, 0) is 71.9 Å². The van der Waals surface area contributed by atoms with Crippen molar-refractivity contribution in [2.75, 3.05) is 0 Å². The van der Waals surface area contributed by atoms with Crippen LogP contribution in [0.1, 0.15) is 16.7 Å². The summed E-state index contributed by atoms with van der Waals surface area (Å²) in [7, 11) is 0. The minimum Gasteiger partial charge on any atom is -0.456 e. The maximum absolute atomic E-state index is 6.54. The van der Waals surface area contributed by atoms with Crippen molar-refractivity contribution in [3.63, 3.8) is 0 Å². The lowest BCUT2D eigenvalue weighted by molar-refractivity contribution is 0.669. The molecule has 8 nitrogen and oxygen atoms in total. The van der Waals surface area contributed by atoms with Gasteiger partial charge < -0.3 is 8.98 Å². The zero-order valence-electron chi connectivity index (χ0n) is 37.3. The number of aliphatic imine (C=N–C) groups is 3. The van der Waals surface area contributed by atoms with Gasteiger partial charge in [-0.2, -0.15) is 0 Å². The summed E-state index contributed by atoms with van der Waals surface area (Å²) < 4.78 is 8.86. The van der Waals surface area contributed by atoms with Crippen molar-refractivity contribution in [2.24, 2.45) is 15.0 Å². The molecule has 3 aromatic heterocycles. The lowest BCUT2D eigenvalue weighted by Crippen LogP contribution is -2.06. The fraction of sp³-hybridized carbons (Fsp3) is 0.0164. The Morgan fingerprint density at radius 2 is 1.03 bits per heavy atom. The van der Waals surface area contributed by atoms with Crippen LogP contribution in [-0.4, -0.2) is 37.9 Å². The second-order valence-corrected chi connectivity index (χ2v) is 16.7. The van der Waals surface area contributed by atoms with E-state index in [4.69, 9.17) is 29.4 Å². The van der Waals surface area contributed by atoms with Crippen molar-refractivity contribution in [1.82, 2.24) is 19.5 Å². The number of hydrogen-bond acceptors (Lipinski definition) is 5. The molecule has 0 fully saturated rings. The molecule has 0 amide bonds. The van der Waals surface area contributed by atoms with Gasteiger partial charge in [0.15, 0.2) is 29.1 Å². The van der Waals surface area contributed by atoms with Gasteiger partial charge in [0.05, 0.1) is 17.6 Å². The number of benzene rings is 9. The van der Waals surface area contributed by atoms with Crippen LogP contribution in [0.2, 0.25) is 0 Å². The molecule has 3 heterocycles. The highest BCUT2D eigenvalue weighted by atomic mass is 16.3. The summed E-state index contributed by atoms with van der Waals surface area (Å²) in [6, 6.07) is 76.4. The third-order valence-corrected chi connectivity index (χ3v) is 12.5. The second kappa shape index (κ2) is 17.8. The molecule has 0 bridgehead atoms. The molecule has 326 valence electrons. The average Bonchev–Trinajstić information content (AvgIpc) is 3.97. The third kappa shape index (κ3) is 7.85. The van der Waals surface area contributed by atoms with E-state index in [9.17, 15) is 0 Å². The predicted molar refractivity (Wildman–Crippen MR) is 282 cm³/mol. The summed E-state index contributed by atoms with van der Waals surface area (Å²) in [6.45, 7) is 4.33. The molecule has 9 aromatic carbocycles. The number of rotatable bonds is 9. The molecule has 0 aliphatic carbocycles. The highest BCUT2D eigenvalue weighted by Crippen LogP contribution is 2.39. The van der Waals surface area contributed by atoms with Crippen molar-refractivity contribution >= 4 is 62.1 Å². The molecular weight excluding hydrogens is 847 g/mol. The third-order valence-electron chi connectivity index (χ3n) is 12.5. The summed E-state index contributed by atoms with van der Waals surface area (Å²) in [5.41, 5.74) is 12.4. The summed E-state index contributed by atoms with van der Waals surface area (Å²) >= 11 is 0. The molecule has 0 atom stereocenters. The van der Waals surface area contributed by atoms with E-state index < -0.39 is 0 Å². The van der Waals surface area contributed by atoms with Gasteiger partial charge in [-0.1, -0.05) is 176 Å². The molecule has 0 aliphatic heterocycles. The zero-order valence-corrected chi connectivity index (χ0v) is 37.3. The maximum Gasteiger partial charge on any atom is 0.164 e. The number of hydrogen-bond donors (Lipinski definition) is 0. The van der Waals surface area contributed by atoms with Gasteiger partial charge in [0.25, 0.3) is 0 Å². The van der Waals surface area contributed by atoms with Crippen molar-refractivity contribution in [1.29, 1.82) is 0 Å². The molecule has 0 saturated carbocycles. The lowest BCUT2D eigenvalue weighted by Gasteiger charge is -2.12. The highest BCUT2D eigenvalue weighted by Gasteiger charge is 2.19. The number of nitrogens with zero attached hydrogens (tertiary/aromatic N) is 7. The van der Waals surface area contributed by atoms with Gasteiger partial charge in [0.2, 0.25) is 0 Å². The van der Waals surface area contributed by atoms with Gasteiger partial charge in [-0.15, -0.1) is 0 Å². The molecule has 12 rings (SSSR count). The smallest absolute Gasteiger partial charge is 0.164 e. The molecule has 0 saturated heterocycles. The van der Waals surface area contributed by atoms with Crippen LogP contribution in [-0.2, 0) is 6.54 Å². The van der Waals surface area contributed by atoms with E-state index in [1.807, 2.05) is 121 Å². The Bertz CT molecular complexity index is 3880. The molecular formula is C61H41N7O. The Morgan fingerprint density at radius 3 is 1.74 bits per heavy atom. The van der Waals surface area contributed by atoms with Crippen molar-refractivity contribution in [2.45, 2.75) is 6.54 Å². The normalized spacial score (nSPS) is 12.1. The largest absolute Gasteiger partial charge is 0.456 e. The first-order valence-corrected chi connectivity index (χ1v) is 22.8. The zero-order chi connectivity index (χ0) is 46.1. The van der Waals surface area contributed by atoms with Crippen LogP contribution in [0.5, 0.6) is 0 Å². The molecule has 69 heavy (non-hydrogen) atoms. The monoisotopic (exact) mass is 887 g/mol. The summed E-state index contributed by atoms with van der Waals surface area (Å²) in [6.07, 6.45) is 0. The van der Waals surface area contributed by atoms with Crippen LogP contribution < -0.4 is 0 Å². The van der Waals surface area contributed by atoms with Crippen LogP contribution in [0.3, 0.4) is 0 Å². The van der Waals surface area contributed by atoms with E-state index in [2.05, 4.69) is 119 Å². The van der Waals surface area contributed by atoms with Gasteiger partial charge >= 0.3 is 0 Å². The minimum atomic E-state index is 0.441. The molecule has 0 spiro atoms. The Labute approximate surface area is 398 Å². The maximum atomic E-state index is 6.54. The summed E-state index contributed by atoms with van der Waals surface area (Å²) in [4.78, 5) is 29.6. The summed E-state index contributed by atoms with van der Waals surface area (Å²) in [5.74, 6) is 2.89. The number of para-hydroxylation sites is 1. The second-order valence-electron chi connectivity index (χ2n) is 16.7. The standard InChI is InChI=1S/C61H41N7O/c1-62-57(41-20-8-3-9-21-41)64-61(63-39-40-18-6-2-7-19-40)49-29-17-31-55-56(49)51-38-45(33-35-54(51)69-55)44-32-34-53-50(37-44)48-28-14-15-30-52(48)68(53)47-27-16-26-46(36-47)60-66-58(42-22-10-4-11-23-42)65-59(67-60)43-24-12-5-13-25-43/h2-38H,1,39H2. The quantitative estimate of drug-likeness (QED) is 0.107. The first-order chi connectivity index (χ1) is 34.1. The van der Waals surface area contributed by atoms with Crippen LogP contribution in [0.25, 0.3) is 94.7 Å².